The van der Waals surface area contributed by atoms with Gasteiger partial charge in [0.25, 0.3) is 0 Å². The first-order valence-corrected chi connectivity index (χ1v) is 4.64. The van der Waals surface area contributed by atoms with E-state index < -0.39 is 0 Å². The molecule has 0 atom stereocenters. The van der Waals surface area contributed by atoms with Crippen LogP contribution in [0.2, 0.25) is 0 Å². The normalized spacial score (nSPS) is 7.67. The zero-order valence-corrected chi connectivity index (χ0v) is 8.91. The second-order valence-electron chi connectivity index (χ2n) is 2.34. The van der Waals surface area contributed by atoms with Crippen LogP contribution in [0.3, 0.4) is 0 Å². The highest BCUT2D eigenvalue weighted by Gasteiger charge is 2.00. The molecule has 15 heavy (non-hydrogen) atoms. The van der Waals surface area contributed by atoms with Crippen LogP contribution in [0.5, 0.6) is 5.75 Å². The molecule has 0 bridgehead atoms. The maximum absolute atomic E-state index is 10.6. The molecule has 0 fully saturated rings. The Morgan fingerprint density at radius 3 is 2.33 bits per heavy atom. The highest BCUT2D eigenvalue weighted by Crippen LogP contribution is 2.18. The minimum atomic E-state index is -0.315. The first kappa shape index (κ1) is 15.9. The summed E-state index contributed by atoms with van der Waals surface area (Å²) in [4.78, 5) is 10.6. The van der Waals surface area contributed by atoms with Crippen LogP contribution in [0.15, 0.2) is 30.8 Å². The minimum absolute atomic E-state index is 0. The van der Waals surface area contributed by atoms with Gasteiger partial charge in [0.15, 0.2) is 0 Å². The van der Waals surface area contributed by atoms with Crippen molar-refractivity contribution >= 4 is 12.0 Å². The van der Waals surface area contributed by atoms with E-state index >= 15 is 0 Å². The van der Waals surface area contributed by atoms with E-state index in [-0.39, 0.29) is 13.4 Å². The monoisotopic (exact) mass is 208 g/mol. The van der Waals surface area contributed by atoms with Gasteiger partial charge in [-0.05, 0) is 6.07 Å². The van der Waals surface area contributed by atoms with Crippen LogP contribution in [0.25, 0.3) is 6.08 Å². The Kier molecular flexibility index (Phi) is 9.53. The van der Waals surface area contributed by atoms with Crippen LogP contribution in [0, 0.1) is 0 Å². The van der Waals surface area contributed by atoms with Crippen LogP contribution >= 0.6 is 0 Å². The summed E-state index contributed by atoms with van der Waals surface area (Å²) < 4.78 is 4.93. The summed E-state index contributed by atoms with van der Waals surface area (Å²) in [6, 6.07) is 7.25. The molecule has 2 heteroatoms. The summed E-state index contributed by atoms with van der Waals surface area (Å²) in [5.41, 5.74) is 0.827. The smallest absolute Gasteiger partial charge is 0.308 e. The lowest BCUT2D eigenvalue weighted by Gasteiger charge is -2.03. The van der Waals surface area contributed by atoms with Crippen molar-refractivity contribution in [3.05, 3.63) is 36.4 Å². The average molecular weight is 208 g/mol. The quantitative estimate of drug-likeness (QED) is 0.544. The third-order valence-electron chi connectivity index (χ3n) is 1.39. The van der Waals surface area contributed by atoms with Gasteiger partial charge in [-0.25, -0.2) is 0 Å². The molecular formula is C13H20O2. The fourth-order valence-electron chi connectivity index (χ4n) is 0.897. The van der Waals surface area contributed by atoms with E-state index in [1.165, 1.54) is 6.92 Å². The van der Waals surface area contributed by atoms with Gasteiger partial charge >= 0.3 is 5.97 Å². The van der Waals surface area contributed by atoms with E-state index in [0.717, 1.165) is 5.56 Å². The number of ether oxygens (including phenoxy) is 1. The van der Waals surface area contributed by atoms with Gasteiger partial charge in [0.2, 0.25) is 0 Å². The van der Waals surface area contributed by atoms with Gasteiger partial charge in [0.05, 0.1) is 0 Å². The van der Waals surface area contributed by atoms with Crippen LogP contribution in [-0.2, 0) is 4.79 Å². The fraction of sp³-hybridized carbons (Fsp3) is 0.308. The van der Waals surface area contributed by atoms with Gasteiger partial charge in [0, 0.05) is 12.5 Å². The number of hydrogen-bond acceptors (Lipinski definition) is 2. The molecular weight excluding hydrogens is 188 g/mol. The van der Waals surface area contributed by atoms with Gasteiger partial charge in [0.1, 0.15) is 5.75 Å². The number of para-hydroxylation sites is 1. The number of esters is 1. The number of carbonyl (C=O) groups is 1. The van der Waals surface area contributed by atoms with Crippen LogP contribution < -0.4 is 4.74 Å². The van der Waals surface area contributed by atoms with E-state index in [4.69, 9.17) is 4.74 Å². The predicted octanol–water partition coefficient (Wildman–Crippen LogP) is 3.92. The maximum Gasteiger partial charge on any atom is 0.308 e. The van der Waals surface area contributed by atoms with E-state index in [1.54, 1.807) is 12.1 Å². The van der Waals surface area contributed by atoms with Gasteiger partial charge in [-0.3, -0.25) is 4.79 Å². The SMILES string of the molecule is C.C=Cc1ccccc1OC(C)=O.CC. The highest BCUT2D eigenvalue weighted by atomic mass is 16.5. The van der Waals surface area contributed by atoms with Crippen molar-refractivity contribution in [1.82, 2.24) is 0 Å². The molecule has 1 aromatic carbocycles. The van der Waals surface area contributed by atoms with Crippen molar-refractivity contribution in [2.45, 2.75) is 28.2 Å². The lowest BCUT2D eigenvalue weighted by Crippen LogP contribution is -2.02. The standard InChI is InChI=1S/C10H10O2.C2H6.CH4/c1-3-9-6-4-5-7-10(9)12-8(2)11;1-2;/h3-7H,1H2,2H3;1-2H3;1H4. The number of hydrogen-bond donors (Lipinski definition) is 0. The van der Waals surface area contributed by atoms with Gasteiger partial charge < -0.3 is 4.74 Å². The molecule has 0 aliphatic heterocycles. The number of rotatable bonds is 2. The highest BCUT2D eigenvalue weighted by molar-refractivity contribution is 5.71. The number of benzene rings is 1. The van der Waals surface area contributed by atoms with E-state index in [9.17, 15) is 4.79 Å². The van der Waals surface area contributed by atoms with Crippen molar-refractivity contribution in [3.8, 4) is 5.75 Å². The largest absolute Gasteiger partial charge is 0.426 e. The Hall–Kier alpha value is -1.57. The predicted molar refractivity (Wildman–Crippen MR) is 65.9 cm³/mol. The summed E-state index contributed by atoms with van der Waals surface area (Å²) in [6.45, 7) is 8.98. The minimum Gasteiger partial charge on any atom is -0.426 e. The third kappa shape index (κ3) is 5.68. The summed E-state index contributed by atoms with van der Waals surface area (Å²) in [7, 11) is 0. The van der Waals surface area contributed by atoms with E-state index in [2.05, 4.69) is 6.58 Å². The van der Waals surface area contributed by atoms with Crippen LogP contribution in [-0.4, -0.2) is 5.97 Å². The Morgan fingerprint density at radius 1 is 1.33 bits per heavy atom. The molecule has 1 rings (SSSR count). The fourth-order valence-corrected chi connectivity index (χ4v) is 0.897. The Balaban J connectivity index is 0. The molecule has 0 saturated carbocycles. The van der Waals surface area contributed by atoms with Crippen LogP contribution in [0.4, 0.5) is 0 Å². The lowest BCUT2D eigenvalue weighted by molar-refractivity contribution is -0.131. The molecule has 2 nitrogen and oxygen atoms in total. The van der Waals surface area contributed by atoms with Crippen molar-refractivity contribution < 1.29 is 9.53 Å². The second-order valence-corrected chi connectivity index (χ2v) is 2.34. The lowest BCUT2D eigenvalue weighted by atomic mass is 10.2. The van der Waals surface area contributed by atoms with Gasteiger partial charge in [-0.15, -0.1) is 0 Å². The summed E-state index contributed by atoms with van der Waals surface area (Å²) in [5, 5.41) is 0. The summed E-state index contributed by atoms with van der Waals surface area (Å²) in [6.07, 6.45) is 1.65. The maximum atomic E-state index is 10.6. The average Bonchev–Trinajstić information content (AvgIpc) is 2.21. The Bertz CT molecular complexity index is 303. The first-order valence-electron chi connectivity index (χ1n) is 4.64. The molecule has 0 aliphatic carbocycles. The topological polar surface area (TPSA) is 26.3 Å². The van der Waals surface area contributed by atoms with Gasteiger partial charge in [-0.1, -0.05) is 52.1 Å². The van der Waals surface area contributed by atoms with E-state index in [0.29, 0.717) is 5.75 Å². The molecule has 1 aromatic rings. The zero-order valence-electron chi connectivity index (χ0n) is 8.91. The molecule has 0 radical (unpaired) electrons. The third-order valence-corrected chi connectivity index (χ3v) is 1.39. The molecule has 0 heterocycles. The van der Waals surface area contributed by atoms with Crippen molar-refractivity contribution in [2.75, 3.05) is 0 Å². The summed E-state index contributed by atoms with van der Waals surface area (Å²) in [5.74, 6) is 0.240. The Morgan fingerprint density at radius 2 is 1.87 bits per heavy atom. The summed E-state index contributed by atoms with van der Waals surface area (Å²) >= 11 is 0. The van der Waals surface area contributed by atoms with Crippen LogP contribution in [0.1, 0.15) is 33.8 Å². The molecule has 84 valence electrons. The molecule has 0 amide bonds. The molecule has 0 aromatic heterocycles. The Labute approximate surface area is 92.6 Å². The van der Waals surface area contributed by atoms with Crippen molar-refractivity contribution in [1.29, 1.82) is 0 Å². The zero-order chi connectivity index (χ0) is 11.0. The van der Waals surface area contributed by atoms with E-state index in [1.807, 2.05) is 32.0 Å². The molecule has 0 spiro atoms. The molecule has 0 unspecified atom stereocenters. The second kappa shape index (κ2) is 9.00. The van der Waals surface area contributed by atoms with Crippen molar-refractivity contribution in [2.24, 2.45) is 0 Å². The van der Waals surface area contributed by atoms with Gasteiger partial charge in [-0.2, -0.15) is 0 Å². The van der Waals surface area contributed by atoms with Crippen molar-refractivity contribution in [3.63, 3.8) is 0 Å². The molecule has 0 N–H and O–H groups in total. The number of carbonyl (C=O) groups excluding carboxylic acids is 1. The first-order chi connectivity index (χ1) is 6.74. The molecule has 0 saturated heterocycles. The molecule has 0 aliphatic rings.